The van der Waals surface area contributed by atoms with Gasteiger partial charge in [-0.15, -0.1) is 6.58 Å². The molecule has 0 aliphatic rings. The maximum absolute atomic E-state index is 3.85. The Morgan fingerprint density at radius 1 is 1.25 bits per heavy atom. The standard InChI is InChI=1S/C18H26N2/c1-4-13-20-14-16(9-7-8-12-19-15(2)3)17-10-5-6-11-18(17)20/h4-6,10-11,14-15,19H,1,7-9,12-13H2,2-3H3. The third-order valence-electron chi connectivity index (χ3n) is 3.62. The molecule has 1 heterocycles. The molecule has 0 fully saturated rings. The predicted octanol–water partition coefficient (Wildman–Crippen LogP) is 4.15. The van der Waals surface area contributed by atoms with Gasteiger partial charge in [-0.1, -0.05) is 38.1 Å². The van der Waals surface area contributed by atoms with Gasteiger partial charge in [-0.3, -0.25) is 0 Å². The van der Waals surface area contributed by atoms with Crippen molar-refractivity contribution < 1.29 is 0 Å². The Morgan fingerprint density at radius 2 is 2.05 bits per heavy atom. The summed E-state index contributed by atoms with van der Waals surface area (Å²) in [6.45, 7) is 10.2. The van der Waals surface area contributed by atoms with Crippen LogP contribution >= 0.6 is 0 Å². The van der Waals surface area contributed by atoms with Crippen molar-refractivity contribution in [3.8, 4) is 0 Å². The molecule has 1 aromatic carbocycles. The minimum atomic E-state index is 0.588. The molecule has 0 saturated carbocycles. The first-order valence-electron chi connectivity index (χ1n) is 7.63. The van der Waals surface area contributed by atoms with Gasteiger partial charge in [0.15, 0.2) is 0 Å². The van der Waals surface area contributed by atoms with Gasteiger partial charge in [0.1, 0.15) is 0 Å². The number of nitrogens with zero attached hydrogens (tertiary/aromatic N) is 1. The Bertz CT molecular complexity index is 552. The minimum Gasteiger partial charge on any atom is -0.343 e. The molecule has 108 valence electrons. The number of rotatable bonds is 8. The van der Waals surface area contributed by atoms with Crippen molar-refractivity contribution in [3.63, 3.8) is 0 Å². The van der Waals surface area contributed by atoms with E-state index in [2.05, 4.69) is 60.8 Å². The van der Waals surface area contributed by atoms with Crippen molar-refractivity contribution in [1.29, 1.82) is 0 Å². The number of nitrogens with one attached hydrogen (secondary N) is 1. The van der Waals surface area contributed by atoms with Crippen LogP contribution in [0.2, 0.25) is 0 Å². The molecule has 0 amide bonds. The molecule has 0 radical (unpaired) electrons. The lowest BCUT2D eigenvalue weighted by Crippen LogP contribution is -2.23. The van der Waals surface area contributed by atoms with E-state index in [1.165, 1.54) is 29.3 Å². The zero-order valence-corrected chi connectivity index (χ0v) is 12.7. The van der Waals surface area contributed by atoms with Crippen LogP contribution in [0.4, 0.5) is 0 Å². The molecule has 2 rings (SSSR count). The Hall–Kier alpha value is -1.54. The number of benzene rings is 1. The van der Waals surface area contributed by atoms with Crippen LogP contribution < -0.4 is 5.32 Å². The number of allylic oxidation sites excluding steroid dienone is 1. The van der Waals surface area contributed by atoms with E-state index in [-0.39, 0.29) is 0 Å². The van der Waals surface area contributed by atoms with Gasteiger partial charge in [0.05, 0.1) is 0 Å². The minimum absolute atomic E-state index is 0.588. The number of hydrogen-bond acceptors (Lipinski definition) is 1. The second kappa shape index (κ2) is 7.30. The lowest BCUT2D eigenvalue weighted by atomic mass is 10.1. The maximum Gasteiger partial charge on any atom is 0.0486 e. The highest BCUT2D eigenvalue weighted by molar-refractivity contribution is 5.84. The molecule has 1 aromatic heterocycles. The summed E-state index contributed by atoms with van der Waals surface area (Å²) in [4.78, 5) is 0. The van der Waals surface area contributed by atoms with E-state index >= 15 is 0 Å². The van der Waals surface area contributed by atoms with Gasteiger partial charge >= 0.3 is 0 Å². The summed E-state index contributed by atoms with van der Waals surface area (Å²) in [5, 5.41) is 4.87. The SMILES string of the molecule is C=CCn1cc(CCCCNC(C)C)c2ccccc21. The molecule has 0 atom stereocenters. The summed E-state index contributed by atoms with van der Waals surface area (Å²) in [7, 11) is 0. The third kappa shape index (κ3) is 3.73. The fraction of sp³-hybridized carbons (Fsp3) is 0.444. The van der Waals surface area contributed by atoms with Gasteiger partial charge in [-0.2, -0.15) is 0 Å². The van der Waals surface area contributed by atoms with E-state index in [1.54, 1.807) is 0 Å². The largest absolute Gasteiger partial charge is 0.343 e. The van der Waals surface area contributed by atoms with Crippen molar-refractivity contribution in [2.75, 3.05) is 6.54 Å². The van der Waals surface area contributed by atoms with Crippen molar-refractivity contribution in [2.45, 2.75) is 45.7 Å². The van der Waals surface area contributed by atoms with Crippen LogP contribution in [-0.4, -0.2) is 17.2 Å². The van der Waals surface area contributed by atoms with Crippen LogP contribution in [0.25, 0.3) is 10.9 Å². The highest BCUT2D eigenvalue weighted by Crippen LogP contribution is 2.22. The van der Waals surface area contributed by atoms with Gasteiger partial charge in [0.25, 0.3) is 0 Å². The average Bonchev–Trinajstić information content (AvgIpc) is 2.77. The second-order valence-electron chi connectivity index (χ2n) is 5.68. The molecule has 20 heavy (non-hydrogen) atoms. The van der Waals surface area contributed by atoms with Crippen molar-refractivity contribution in [2.24, 2.45) is 0 Å². The molecule has 0 saturated heterocycles. The van der Waals surface area contributed by atoms with Crippen LogP contribution in [0, 0.1) is 0 Å². The van der Waals surface area contributed by atoms with Gasteiger partial charge in [0, 0.05) is 29.7 Å². The number of aryl methyl sites for hydroxylation is 1. The summed E-state index contributed by atoms with van der Waals surface area (Å²) in [6, 6.07) is 9.26. The van der Waals surface area contributed by atoms with E-state index in [0.29, 0.717) is 6.04 Å². The molecular formula is C18H26N2. The Balaban J connectivity index is 2.00. The number of fused-ring (bicyclic) bond motifs is 1. The van der Waals surface area contributed by atoms with E-state index in [0.717, 1.165) is 19.5 Å². The van der Waals surface area contributed by atoms with Gasteiger partial charge in [-0.05, 0) is 37.4 Å². The quantitative estimate of drug-likeness (QED) is 0.563. The molecule has 0 aliphatic carbocycles. The first kappa shape index (κ1) is 14.9. The molecule has 0 bridgehead atoms. The van der Waals surface area contributed by atoms with E-state index in [1.807, 2.05) is 6.08 Å². The molecule has 2 nitrogen and oxygen atoms in total. The molecule has 0 spiro atoms. The Morgan fingerprint density at radius 3 is 2.80 bits per heavy atom. The maximum atomic E-state index is 3.85. The van der Waals surface area contributed by atoms with Gasteiger partial charge < -0.3 is 9.88 Å². The van der Waals surface area contributed by atoms with Crippen LogP contribution in [0.5, 0.6) is 0 Å². The first-order valence-corrected chi connectivity index (χ1v) is 7.63. The van der Waals surface area contributed by atoms with Crippen LogP contribution in [0.15, 0.2) is 43.1 Å². The Labute approximate surface area is 122 Å². The summed E-state index contributed by atoms with van der Waals surface area (Å²) >= 11 is 0. The van der Waals surface area contributed by atoms with Crippen molar-refractivity contribution in [1.82, 2.24) is 9.88 Å². The predicted molar refractivity (Wildman–Crippen MR) is 88.2 cm³/mol. The number of aromatic nitrogens is 1. The van der Waals surface area contributed by atoms with Crippen molar-refractivity contribution >= 4 is 10.9 Å². The van der Waals surface area contributed by atoms with Crippen LogP contribution in [-0.2, 0) is 13.0 Å². The van der Waals surface area contributed by atoms with Crippen molar-refractivity contribution in [3.05, 3.63) is 48.7 Å². The van der Waals surface area contributed by atoms with E-state index < -0.39 is 0 Å². The summed E-state index contributed by atoms with van der Waals surface area (Å²) in [5.74, 6) is 0. The smallest absolute Gasteiger partial charge is 0.0486 e. The molecule has 2 heteroatoms. The molecule has 0 aliphatic heterocycles. The molecule has 1 N–H and O–H groups in total. The van der Waals surface area contributed by atoms with E-state index in [9.17, 15) is 0 Å². The lowest BCUT2D eigenvalue weighted by molar-refractivity contribution is 0.558. The fourth-order valence-corrected chi connectivity index (χ4v) is 2.64. The lowest BCUT2D eigenvalue weighted by Gasteiger charge is -2.07. The molecule has 2 aromatic rings. The third-order valence-corrected chi connectivity index (χ3v) is 3.62. The topological polar surface area (TPSA) is 17.0 Å². The van der Waals surface area contributed by atoms with Crippen LogP contribution in [0.1, 0.15) is 32.3 Å². The second-order valence-corrected chi connectivity index (χ2v) is 5.68. The highest BCUT2D eigenvalue weighted by Gasteiger charge is 2.06. The number of unbranched alkanes of at least 4 members (excludes halogenated alkanes) is 1. The molecular weight excluding hydrogens is 244 g/mol. The zero-order chi connectivity index (χ0) is 14.4. The summed E-state index contributed by atoms with van der Waals surface area (Å²) in [6.07, 6.45) is 7.89. The summed E-state index contributed by atoms with van der Waals surface area (Å²) < 4.78 is 2.30. The fourth-order valence-electron chi connectivity index (χ4n) is 2.64. The highest BCUT2D eigenvalue weighted by atomic mass is 14.9. The monoisotopic (exact) mass is 270 g/mol. The van der Waals surface area contributed by atoms with Crippen LogP contribution in [0.3, 0.4) is 0 Å². The zero-order valence-electron chi connectivity index (χ0n) is 12.7. The average molecular weight is 270 g/mol. The summed E-state index contributed by atoms with van der Waals surface area (Å²) in [5.41, 5.74) is 2.79. The van der Waals surface area contributed by atoms with E-state index in [4.69, 9.17) is 0 Å². The number of hydrogen-bond donors (Lipinski definition) is 1. The first-order chi connectivity index (χ1) is 9.72. The normalized spacial score (nSPS) is 11.3. The molecule has 0 unspecified atom stereocenters. The van der Waals surface area contributed by atoms with Gasteiger partial charge in [-0.25, -0.2) is 0 Å². The number of para-hydroxylation sites is 1. The van der Waals surface area contributed by atoms with Gasteiger partial charge in [0.2, 0.25) is 0 Å². The Kier molecular flexibility index (Phi) is 5.42.